The van der Waals surface area contributed by atoms with Crippen LogP contribution < -0.4 is 16.4 Å². The lowest BCUT2D eigenvalue weighted by Gasteiger charge is -2.18. The van der Waals surface area contributed by atoms with Gasteiger partial charge in [-0.1, -0.05) is 13.0 Å². The average molecular weight is 249 g/mol. The number of guanidine groups is 1. The van der Waals surface area contributed by atoms with Crippen molar-refractivity contribution >= 4 is 12.0 Å². The standard InChI is InChI=1S/C12H19N5O/c1-3-9(10-7-5-6-8-15-10)16-12(14-4-2)17-11(13)18/h5-9H,3-4H2,1-2H3,(H4,13,14,16,17,18). The Morgan fingerprint density at radius 3 is 2.78 bits per heavy atom. The first-order chi connectivity index (χ1) is 8.67. The Morgan fingerprint density at radius 1 is 1.50 bits per heavy atom. The van der Waals surface area contributed by atoms with Crippen LogP contribution in [0.15, 0.2) is 29.4 Å². The summed E-state index contributed by atoms with van der Waals surface area (Å²) in [6.45, 7) is 4.47. The largest absolute Gasteiger partial charge is 0.351 e. The third kappa shape index (κ3) is 4.40. The zero-order valence-electron chi connectivity index (χ0n) is 10.7. The smallest absolute Gasteiger partial charge is 0.318 e. The van der Waals surface area contributed by atoms with Crippen LogP contribution in [0.25, 0.3) is 0 Å². The molecular formula is C12H19N5O. The zero-order valence-corrected chi connectivity index (χ0v) is 10.7. The van der Waals surface area contributed by atoms with E-state index in [9.17, 15) is 4.79 Å². The van der Waals surface area contributed by atoms with E-state index in [2.05, 4.69) is 20.6 Å². The molecule has 0 saturated carbocycles. The summed E-state index contributed by atoms with van der Waals surface area (Å²) in [7, 11) is 0. The number of hydrogen-bond acceptors (Lipinski definition) is 3. The van der Waals surface area contributed by atoms with Crippen molar-refractivity contribution in [2.75, 3.05) is 6.54 Å². The number of carbonyl (C=O) groups excluding carboxylic acids is 1. The maximum absolute atomic E-state index is 10.9. The summed E-state index contributed by atoms with van der Waals surface area (Å²) in [5.74, 6) is 0.377. The van der Waals surface area contributed by atoms with Crippen LogP contribution in [0.5, 0.6) is 0 Å². The van der Waals surface area contributed by atoms with Gasteiger partial charge in [0.25, 0.3) is 0 Å². The summed E-state index contributed by atoms with van der Waals surface area (Å²) in [5.41, 5.74) is 5.99. The van der Waals surface area contributed by atoms with Gasteiger partial charge in [0.1, 0.15) is 0 Å². The molecule has 1 aromatic heterocycles. The van der Waals surface area contributed by atoms with Gasteiger partial charge in [-0.3, -0.25) is 15.3 Å². The summed E-state index contributed by atoms with van der Waals surface area (Å²) < 4.78 is 0. The molecule has 4 N–H and O–H groups in total. The van der Waals surface area contributed by atoms with Gasteiger partial charge in [0.05, 0.1) is 11.7 Å². The molecule has 2 amide bonds. The van der Waals surface area contributed by atoms with Gasteiger partial charge in [-0.2, -0.15) is 0 Å². The lowest BCUT2D eigenvalue weighted by Crippen LogP contribution is -2.45. The summed E-state index contributed by atoms with van der Waals surface area (Å²) in [6, 6.07) is 5.06. The zero-order chi connectivity index (χ0) is 13.4. The quantitative estimate of drug-likeness (QED) is 0.552. The Labute approximate surface area is 107 Å². The van der Waals surface area contributed by atoms with Gasteiger partial charge in [-0.05, 0) is 25.5 Å². The molecule has 0 bridgehead atoms. The molecule has 0 fully saturated rings. The minimum Gasteiger partial charge on any atom is -0.351 e. The van der Waals surface area contributed by atoms with E-state index in [1.165, 1.54) is 0 Å². The van der Waals surface area contributed by atoms with Crippen molar-refractivity contribution < 1.29 is 4.79 Å². The Kier molecular flexibility index (Phi) is 5.63. The predicted molar refractivity (Wildman–Crippen MR) is 71.1 cm³/mol. The molecule has 1 unspecified atom stereocenters. The van der Waals surface area contributed by atoms with Crippen molar-refractivity contribution in [3.63, 3.8) is 0 Å². The van der Waals surface area contributed by atoms with Gasteiger partial charge in [0.2, 0.25) is 0 Å². The maximum atomic E-state index is 10.9. The van der Waals surface area contributed by atoms with Crippen molar-refractivity contribution in [3.8, 4) is 0 Å². The molecule has 1 rings (SSSR count). The predicted octanol–water partition coefficient (Wildman–Crippen LogP) is 1.17. The molecule has 1 heterocycles. The molecule has 18 heavy (non-hydrogen) atoms. The van der Waals surface area contributed by atoms with Crippen molar-refractivity contribution in [1.82, 2.24) is 15.6 Å². The van der Waals surface area contributed by atoms with Gasteiger partial charge in [-0.15, -0.1) is 0 Å². The second-order valence-corrected chi connectivity index (χ2v) is 3.67. The molecule has 0 saturated heterocycles. The number of hydrogen-bond donors (Lipinski definition) is 3. The number of urea groups is 1. The fourth-order valence-corrected chi connectivity index (χ4v) is 1.53. The molecule has 1 aromatic rings. The van der Waals surface area contributed by atoms with Crippen molar-refractivity contribution in [1.29, 1.82) is 0 Å². The Balaban J connectivity index is 2.77. The molecule has 6 nitrogen and oxygen atoms in total. The van der Waals surface area contributed by atoms with Gasteiger partial charge >= 0.3 is 6.03 Å². The number of nitrogens with one attached hydrogen (secondary N) is 2. The van der Waals surface area contributed by atoms with Gasteiger partial charge in [-0.25, -0.2) is 4.79 Å². The fraction of sp³-hybridized carbons (Fsp3) is 0.417. The Bertz CT molecular complexity index is 404. The number of aliphatic imine (C=N–C) groups is 1. The topological polar surface area (TPSA) is 92.4 Å². The monoisotopic (exact) mass is 249 g/mol. The normalized spacial score (nSPS) is 12.9. The summed E-state index contributed by atoms with van der Waals surface area (Å²) in [4.78, 5) is 19.3. The van der Waals surface area contributed by atoms with Crippen LogP contribution in [0.1, 0.15) is 32.0 Å². The number of nitrogens with two attached hydrogens (primary N) is 1. The lowest BCUT2D eigenvalue weighted by molar-refractivity contribution is 0.252. The molecule has 0 aliphatic rings. The molecular weight excluding hydrogens is 230 g/mol. The van der Waals surface area contributed by atoms with E-state index in [0.29, 0.717) is 12.5 Å². The van der Waals surface area contributed by atoms with Crippen molar-refractivity contribution in [2.24, 2.45) is 10.7 Å². The first kappa shape index (κ1) is 14.0. The summed E-state index contributed by atoms with van der Waals surface area (Å²) in [6.07, 6.45) is 2.55. The van der Waals surface area contributed by atoms with Gasteiger partial charge in [0, 0.05) is 12.7 Å². The molecule has 6 heteroatoms. The number of aromatic nitrogens is 1. The fourth-order valence-electron chi connectivity index (χ4n) is 1.53. The number of carbonyl (C=O) groups is 1. The second-order valence-electron chi connectivity index (χ2n) is 3.67. The maximum Gasteiger partial charge on any atom is 0.318 e. The first-order valence-electron chi connectivity index (χ1n) is 5.95. The van der Waals surface area contributed by atoms with Crippen LogP contribution in [0.2, 0.25) is 0 Å². The van der Waals surface area contributed by atoms with Crippen molar-refractivity contribution in [3.05, 3.63) is 30.1 Å². The molecule has 0 aliphatic carbocycles. The molecule has 0 aromatic carbocycles. The van der Waals surface area contributed by atoms with Crippen LogP contribution in [0, 0.1) is 0 Å². The minimum atomic E-state index is -0.634. The van der Waals surface area contributed by atoms with E-state index >= 15 is 0 Å². The second kappa shape index (κ2) is 7.26. The first-order valence-corrected chi connectivity index (χ1v) is 5.95. The highest BCUT2D eigenvalue weighted by atomic mass is 16.2. The highest BCUT2D eigenvalue weighted by molar-refractivity contribution is 5.95. The van der Waals surface area contributed by atoms with Gasteiger partial charge < -0.3 is 11.1 Å². The van der Waals surface area contributed by atoms with E-state index in [0.717, 1.165) is 12.1 Å². The molecule has 0 aliphatic heterocycles. The third-order valence-electron chi connectivity index (χ3n) is 2.32. The van der Waals surface area contributed by atoms with E-state index in [1.807, 2.05) is 32.0 Å². The number of amides is 2. The summed E-state index contributed by atoms with van der Waals surface area (Å²) in [5, 5.41) is 5.59. The number of rotatable bonds is 4. The van der Waals surface area contributed by atoms with Crippen LogP contribution in [0.4, 0.5) is 4.79 Å². The van der Waals surface area contributed by atoms with Crippen LogP contribution in [-0.4, -0.2) is 23.5 Å². The summed E-state index contributed by atoms with van der Waals surface area (Å²) >= 11 is 0. The van der Waals surface area contributed by atoms with E-state index < -0.39 is 6.03 Å². The Hall–Kier alpha value is -2.11. The van der Waals surface area contributed by atoms with Crippen LogP contribution >= 0.6 is 0 Å². The molecule has 1 atom stereocenters. The van der Waals surface area contributed by atoms with Gasteiger partial charge in [0.15, 0.2) is 5.96 Å². The number of primary amides is 1. The van der Waals surface area contributed by atoms with Crippen LogP contribution in [0.3, 0.4) is 0 Å². The third-order valence-corrected chi connectivity index (χ3v) is 2.32. The Morgan fingerprint density at radius 2 is 2.28 bits per heavy atom. The SMILES string of the molecule is CCN=C(NC(N)=O)NC(CC)c1ccccn1. The average Bonchev–Trinajstić information content (AvgIpc) is 2.36. The van der Waals surface area contributed by atoms with Crippen molar-refractivity contribution in [2.45, 2.75) is 26.3 Å². The number of nitrogens with zero attached hydrogens (tertiary/aromatic N) is 2. The van der Waals surface area contributed by atoms with E-state index in [1.54, 1.807) is 6.20 Å². The molecule has 0 spiro atoms. The number of pyridine rings is 1. The lowest BCUT2D eigenvalue weighted by atomic mass is 10.1. The van der Waals surface area contributed by atoms with Crippen LogP contribution in [-0.2, 0) is 0 Å². The highest BCUT2D eigenvalue weighted by Crippen LogP contribution is 2.12. The molecule has 98 valence electrons. The van der Waals surface area contributed by atoms with E-state index in [-0.39, 0.29) is 6.04 Å². The highest BCUT2D eigenvalue weighted by Gasteiger charge is 2.12. The molecule has 0 radical (unpaired) electrons. The van der Waals surface area contributed by atoms with E-state index in [4.69, 9.17) is 5.73 Å². The minimum absolute atomic E-state index is 0.0108.